The number of carbonyl (C=O) groups excluding carboxylic acids is 2. The van der Waals surface area contributed by atoms with Crippen LogP contribution in [-0.2, 0) is 11.3 Å². The Labute approximate surface area is 145 Å². The van der Waals surface area contributed by atoms with Crippen molar-refractivity contribution in [2.24, 2.45) is 0 Å². The second kappa shape index (κ2) is 8.53. The SMILES string of the molecule is COC(=O)NCc1cc(C(=O)Nc2ccc(OC)cc2OC)ccn1. The van der Waals surface area contributed by atoms with Gasteiger partial charge in [0.2, 0.25) is 0 Å². The van der Waals surface area contributed by atoms with E-state index in [2.05, 4.69) is 20.4 Å². The fraction of sp³-hybridized carbons (Fsp3) is 0.235. The molecule has 25 heavy (non-hydrogen) atoms. The highest BCUT2D eigenvalue weighted by atomic mass is 16.5. The van der Waals surface area contributed by atoms with E-state index in [1.165, 1.54) is 20.4 Å². The molecule has 1 aromatic carbocycles. The minimum absolute atomic E-state index is 0.152. The van der Waals surface area contributed by atoms with Crippen LogP contribution in [0.4, 0.5) is 10.5 Å². The first kappa shape index (κ1) is 18.1. The number of methoxy groups -OCH3 is 3. The van der Waals surface area contributed by atoms with E-state index in [1.807, 2.05) is 0 Å². The Morgan fingerprint density at radius 3 is 2.56 bits per heavy atom. The van der Waals surface area contributed by atoms with Crippen LogP contribution in [0.15, 0.2) is 36.5 Å². The molecule has 2 aromatic rings. The molecule has 1 aromatic heterocycles. The van der Waals surface area contributed by atoms with Crippen LogP contribution < -0.4 is 20.1 Å². The third-order valence-corrected chi connectivity index (χ3v) is 3.33. The van der Waals surface area contributed by atoms with E-state index in [0.717, 1.165) is 0 Å². The number of alkyl carbamates (subject to hydrolysis) is 1. The van der Waals surface area contributed by atoms with E-state index < -0.39 is 6.09 Å². The summed E-state index contributed by atoms with van der Waals surface area (Å²) in [5, 5.41) is 5.28. The topological polar surface area (TPSA) is 98.8 Å². The monoisotopic (exact) mass is 345 g/mol. The van der Waals surface area contributed by atoms with E-state index >= 15 is 0 Å². The van der Waals surface area contributed by atoms with E-state index in [-0.39, 0.29) is 12.5 Å². The molecule has 132 valence electrons. The van der Waals surface area contributed by atoms with Gasteiger partial charge in [0, 0.05) is 17.8 Å². The number of carbonyl (C=O) groups is 2. The number of nitrogens with one attached hydrogen (secondary N) is 2. The predicted octanol–water partition coefficient (Wildman–Crippen LogP) is 2.21. The molecule has 2 rings (SSSR count). The van der Waals surface area contributed by atoms with Crippen LogP contribution in [0.25, 0.3) is 0 Å². The summed E-state index contributed by atoms with van der Waals surface area (Å²) in [5.74, 6) is 0.773. The number of rotatable bonds is 6. The maximum absolute atomic E-state index is 12.4. The first-order chi connectivity index (χ1) is 12.1. The lowest BCUT2D eigenvalue weighted by molar-refractivity contribution is 0.102. The summed E-state index contributed by atoms with van der Waals surface area (Å²) < 4.78 is 14.9. The molecule has 0 bridgehead atoms. The summed E-state index contributed by atoms with van der Waals surface area (Å²) in [7, 11) is 4.33. The van der Waals surface area contributed by atoms with Crippen molar-refractivity contribution >= 4 is 17.7 Å². The van der Waals surface area contributed by atoms with Crippen LogP contribution in [0.1, 0.15) is 16.1 Å². The molecule has 0 spiro atoms. The number of anilines is 1. The highest BCUT2D eigenvalue weighted by molar-refractivity contribution is 6.05. The summed E-state index contributed by atoms with van der Waals surface area (Å²) in [5.41, 5.74) is 1.44. The Morgan fingerprint density at radius 1 is 1.08 bits per heavy atom. The number of hydrogen-bond donors (Lipinski definition) is 2. The number of amides is 2. The molecule has 0 saturated carbocycles. The molecule has 0 fully saturated rings. The molecular weight excluding hydrogens is 326 g/mol. The molecule has 1 heterocycles. The Bertz CT molecular complexity index is 764. The third-order valence-electron chi connectivity index (χ3n) is 3.33. The molecule has 0 aliphatic rings. The fourth-order valence-electron chi connectivity index (χ4n) is 2.05. The largest absolute Gasteiger partial charge is 0.497 e. The summed E-state index contributed by atoms with van der Waals surface area (Å²) >= 11 is 0. The van der Waals surface area contributed by atoms with Gasteiger partial charge in [-0.1, -0.05) is 0 Å². The maximum atomic E-state index is 12.4. The summed E-state index contributed by atoms with van der Waals surface area (Å²) in [6.07, 6.45) is 0.925. The quantitative estimate of drug-likeness (QED) is 0.833. The van der Waals surface area contributed by atoms with Gasteiger partial charge in [0.15, 0.2) is 0 Å². The first-order valence-corrected chi connectivity index (χ1v) is 7.37. The molecule has 0 radical (unpaired) electrons. The molecule has 8 nitrogen and oxygen atoms in total. The highest BCUT2D eigenvalue weighted by Gasteiger charge is 2.12. The van der Waals surface area contributed by atoms with Crippen LogP contribution in [0.3, 0.4) is 0 Å². The lowest BCUT2D eigenvalue weighted by Gasteiger charge is -2.12. The van der Waals surface area contributed by atoms with Crippen molar-refractivity contribution in [1.29, 1.82) is 0 Å². The van der Waals surface area contributed by atoms with Crippen molar-refractivity contribution in [2.45, 2.75) is 6.54 Å². The van der Waals surface area contributed by atoms with Crippen LogP contribution in [0.5, 0.6) is 11.5 Å². The molecule has 0 saturated heterocycles. The van der Waals surface area contributed by atoms with Gasteiger partial charge in [0.1, 0.15) is 11.5 Å². The van der Waals surface area contributed by atoms with E-state index in [9.17, 15) is 9.59 Å². The Morgan fingerprint density at radius 2 is 1.88 bits per heavy atom. The Balaban J connectivity index is 2.12. The van der Waals surface area contributed by atoms with Gasteiger partial charge in [-0.25, -0.2) is 4.79 Å². The lowest BCUT2D eigenvalue weighted by Crippen LogP contribution is -2.23. The summed E-state index contributed by atoms with van der Waals surface area (Å²) in [4.78, 5) is 27.6. The zero-order chi connectivity index (χ0) is 18.2. The van der Waals surface area contributed by atoms with Gasteiger partial charge in [-0.05, 0) is 24.3 Å². The van der Waals surface area contributed by atoms with Crippen molar-refractivity contribution in [3.05, 3.63) is 47.8 Å². The maximum Gasteiger partial charge on any atom is 0.407 e. The Hall–Kier alpha value is -3.29. The normalized spacial score (nSPS) is 9.88. The smallest absolute Gasteiger partial charge is 0.407 e. The molecule has 0 aliphatic carbocycles. The number of ether oxygens (including phenoxy) is 3. The van der Waals surface area contributed by atoms with Crippen molar-refractivity contribution in [3.63, 3.8) is 0 Å². The van der Waals surface area contributed by atoms with E-state index in [1.54, 1.807) is 37.4 Å². The highest BCUT2D eigenvalue weighted by Crippen LogP contribution is 2.29. The average molecular weight is 345 g/mol. The van der Waals surface area contributed by atoms with E-state index in [0.29, 0.717) is 28.4 Å². The number of aromatic nitrogens is 1. The average Bonchev–Trinajstić information content (AvgIpc) is 2.66. The van der Waals surface area contributed by atoms with Gasteiger partial charge < -0.3 is 24.8 Å². The molecule has 0 aliphatic heterocycles. The number of nitrogens with zero attached hydrogens (tertiary/aromatic N) is 1. The molecule has 8 heteroatoms. The van der Waals surface area contributed by atoms with E-state index in [4.69, 9.17) is 9.47 Å². The zero-order valence-corrected chi connectivity index (χ0v) is 14.2. The number of pyridine rings is 1. The van der Waals surface area contributed by atoms with Crippen molar-refractivity contribution in [2.75, 3.05) is 26.6 Å². The Kier molecular flexibility index (Phi) is 6.16. The summed E-state index contributed by atoms with van der Waals surface area (Å²) in [6, 6.07) is 8.25. The lowest BCUT2D eigenvalue weighted by atomic mass is 10.2. The molecule has 0 unspecified atom stereocenters. The minimum Gasteiger partial charge on any atom is -0.497 e. The summed E-state index contributed by atoms with van der Waals surface area (Å²) in [6.45, 7) is 0.152. The van der Waals surface area contributed by atoms with Crippen molar-refractivity contribution < 1.29 is 23.8 Å². The van der Waals surface area contributed by atoms with Gasteiger partial charge in [0.05, 0.1) is 39.3 Å². The molecule has 0 atom stereocenters. The third kappa shape index (κ3) is 4.84. The van der Waals surface area contributed by atoms with Crippen LogP contribution in [-0.4, -0.2) is 38.3 Å². The van der Waals surface area contributed by atoms with Crippen molar-refractivity contribution in [3.8, 4) is 11.5 Å². The van der Waals surface area contributed by atoms with Crippen molar-refractivity contribution in [1.82, 2.24) is 10.3 Å². The van der Waals surface area contributed by atoms with Gasteiger partial charge in [-0.3, -0.25) is 9.78 Å². The number of hydrogen-bond acceptors (Lipinski definition) is 6. The van der Waals surface area contributed by atoms with Crippen LogP contribution in [0, 0.1) is 0 Å². The number of benzene rings is 1. The molecular formula is C17H19N3O5. The standard InChI is InChI=1S/C17H19N3O5/c1-23-13-4-5-14(15(9-13)24-2)20-16(21)11-6-7-18-12(8-11)10-19-17(22)25-3/h4-9H,10H2,1-3H3,(H,19,22)(H,20,21). The van der Waals surface area contributed by atoms with Gasteiger partial charge in [0.25, 0.3) is 5.91 Å². The van der Waals surface area contributed by atoms with Gasteiger partial charge >= 0.3 is 6.09 Å². The fourth-order valence-corrected chi connectivity index (χ4v) is 2.05. The molecule has 2 N–H and O–H groups in total. The first-order valence-electron chi connectivity index (χ1n) is 7.37. The van der Waals surface area contributed by atoms with Crippen LogP contribution in [0.2, 0.25) is 0 Å². The van der Waals surface area contributed by atoms with Gasteiger partial charge in [-0.2, -0.15) is 0 Å². The predicted molar refractivity (Wildman–Crippen MR) is 91.0 cm³/mol. The second-order valence-corrected chi connectivity index (χ2v) is 4.90. The van der Waals surface area contributed by atoms with Crippen LogP contribution >= 0.6 is 0 Å². The van der Waals surface area contributed by atoms with Gasteiger partial charge in [-0.15, -0.1) is 0 Å². The minimum atomic E-state index is -0.570. The zero-order valence-electron chi connectivity index (χ0n) is 14.2. The molecule has 2 amide bonds. The second-order valence-electron chi connectivity index (χ2n) is 4.90.